The molecule has 0 bridgehead atoms. The number of hydrogen-bond acceptors (Lipinski definition) is 4. The first-order valence-corrected chi connectivity index (χ1v) is 10.4. The number of rotatable bonds is 10. The van der Waals surface area contributed by atoms with Crippen molar-refractivity contribution in [1.82, 2.24) is 10.2 Å². The van der Waals surface area contributed by atoms with Gasteiger partial charge in [-0.25, -0.2) is 0 Å². The Hall–Kier alpha value is -3.15. The Bertz CT molecular complexity index is 861. The minimum absolute atomic E-state index is 0.181. The minimum Gasteiger partial charge on any atom is -0.454 e. The van der Waals surface area contributed by atoms with Gasteiger partial charge in [-0.3, -0.25) is 14.4 Å². The van der Waals surface area contributed by atoms with Crippen LogP contribution in [0.5, 0.6) is 0 Å². The summed E-state index contributed by atoms with van der Waals surface area (Å²) in [6.07, 6.45) is 3.18. The first-order chi connectivity index (χ1) is 14.6. The molecule has 6 nitrogen and oxygen atoms in total. The second-order valence-electron chi connectivity index (χ2n) is 7.57. The zero-order valence-corrected chi connectivity index (χ0v) is 17.3. The monoisotopic (exact) mass is 408 g/mol. The molecule has 2 amide bonds. The number of nitrogens with zero attached hydrogens (tertiary/aromatic N) is 1. The summed E-state index contributed by atoms with van der Waals surface area (Å²) < 4.78 is 5.05. The summed E-state index contributed by atoms with van der Waals surface area (Å²) in [6.45, 7) is 2.86. The van der Waals surface area contributed by atoms with Gasteiger partial charge in [-0.05, 0) is 48.4 Å². The van der Waals surface area contributed by atoms with Gasteiger partial charge in [0, 0.05) is 18.7 Å². The third kappa shape index (κ3) is 6.44. The maximum Gasteiger partial charge on any atom is 0.325 e. The summed E-state index contributed by atoms with van der Waals surface area (Å²) in [6, 6.07) is 17.0. The summed E-state index contributed by atoms with van der Waals surface area (Å²) in [5, 5.41) is 2.54. The van der Waals surface area contributed by atoms with Crippen molar-refractivity contribution in [2.75, 3.05) is 26.2 Å². The molecule has 158 valence electrons. The van der Waals surface area contributed by atoms with E-state index in [4.69, 9.17) is 4.74 Å². The van der Waals surface area contributed by atoms with Crippen LogP contribution in [0.3, 0.4) is 0 Å². The van der Waals surface area contributed by atoms with E-state index in [1.54, 1.807) is 17.0 Å². The molecule has 1 N–H and O–H groups in total. The molecule has 6 heteroatoms. The number of amides is 2. The lowest BCUT2D eigenvalue weighted by Crippen LogP contribution is -2.38. The zero-order valence-electron chi connectivity index (χ0n) is 17.3. The van der Waals surface area contributed by atoms with Gasteiger partial charge in [0.25, 0.3) is 11.8 Å². The molecule has 0 saturated heterocycles. The van der Waals surface area contributed by atoms with Gasteiger partial charge in [-0.2, -0.15) is 0 Å². The normalized spacial score (nSPS) is 12.8. The fraction of sp³-hybridized carbons (Fsp3) is 0.375. The van der Waals surface area contributed by atoms with Crippen LogP contribution in [0.4, 0.5) is 0 Å². The number of hydrogen-bond donors (Lipinski definition) is 1. The molecule has 1 aliphatic carbocycles. The van der Waals surface area contributed by atoms with Crippen LogP contribution in [0.25, 0.3) is 11.1 Å². The number of ether oxygens (including phenoxy) is 1. The zero-order chi connectivity index (χ0) is 21.3. The second-order valence-corrected chi connectivity index (χ2v) is 7.57. The fourth-order valence-corrected chi connectivity index (χ4v) is 3.18. The Morgan fingerprint density at radius 2 is 1.67 bits per heavy atom. The van der Waals surface area contributed by atoms with Gasteiger partial charge in [-0.1, -0.05) is 49.4 Å². The molecule has 0 unspecified atom stereocenters. The van der Waals surface area contributed by atoms with E-state index in [1.165, 1.54) is 0 Å². The SMILES string of the molecule is CCCN(CC1CC1)C(=O)COC(=O)CNC(=O)c1ccc(-c2ccccc2)cc1. The van der Waals surface area contributed by atoms with Crippen LogP contribution in [-0.2, 0) is 14.3 Å². The Kier molecular flexibility index (Phi) is 7.60. The predicted octanol–water partition coefficient (Wildman–Crippen LogP) is 3.28. The van der Waals surface area contributed by atoms with Crippen LogP contribution in [0.1, 0.15) is 36.5 Å². The third-order valence-corrected chi connectivity index (χ3v) is 5.03. The van der Waals surface area contributed by atoms with E-state index in [-0.39, 0.29) is 25.0 Å². The van der Waals surface area contributed by atoms with E-state index >= 15 is 0 Å². The summed E-state index contributed by atoms with van der Waals surface area (Å²) in [7, 11) is 0. The highest BCUT2D eigenvalue weighted by atomic mass is 16.5. The lowest BCUT2D eigenvalue weighted by Gasteiger charge is -2.21. The summed E-state index contributed by atoms with van der Waals surface area (Å²) in [5.74, 6) is -0.580. The van der Waals surface area contributed by atoms with Gasteiger partial charge < -0.3 is 15.0 Å². The van der Waals surface area contributed by atoms with E-state index in [0.29, 0.717) is 18.0 Å². The van der Waals surface area contributed by atoms with Crippen LogP contribution in [0.15, 0.2) is 54.6 Å². The first-order valence-electron chi connectivity index (χ1n) is 10.4. The van der Waals surface area contributed by atoms with Gasteiger partial charge >= 0.3 is 5.97 Å². The quantitative estimate of drug-likeness (QED) is 0.612. The lowest BCUT2D eigenvalue weighted by atomic mass is 10.0. The summed E-state index contributed by atoms with van der Waals surface area (Å²) >= 11 is 0. The number of nitrogens with one attached hydrogen (secondary N) is 1. The van der Waals surface area contributed by atoms with Crippen molar-refractivity contribution >= 4 is 17.8 Å². The topological polar surface area (TPSA) is 75.7 Å². The molecular weight excluding hydrogens is 380 g/mol. The molecule has 0 aromatic heterocycles. The molecule has 1 aliphatic rings. The van der Waals surface area contributed by atoms with E-state index in [0.717, 1.165) is 36.9 Å². The maximum atomic E-state index is 12.3. The Morgan fingerprint density at radius 3 is 2.30 bits per heavy atom. The van der Waals surface area contributed by atoms with Crippen molar-refractivity contribution in [2.24, 2.45) is 5.92 Å². The fourth-order valence-electron chi connectivity index (χ4n) is 3.18. The number of esters is 1. The van der Waals surface area contributed by atoms with E-state index in [2.05, 4.69) is 5.32 Å². The van der Waals surface area contributed by atoms with Crippen molar-refractivity contribution in [2.45, 2.75) is 26.2 Å². The van der Waals surface area contributed by atoms with E-state index in [9.17, 15) is 14.4 Å². The molecular formula is C24H28N2O4. The third-order valence-electron chi connectivity index (χ3n) is 5.03. The highest BCUT2D eigenvalue weighted by molar-refractivity contribution is 5.96. The molecule has 30 heavy (non-hydrogen) atoms. The van der Waals surface area contributed by atoms with Crippen molar-refractivity contribution in [3.05, 3.63) is 60.2 Å². The van der Waals surface area contributed by atoms with Crippen LogP contribution in [0, 0.1) is 5.92 Å². The molecule has 0 spiro atoms. The Labute approximate surface area is 177 Å². The predicted molar refractivity (Wildman–Crippen MR) is 115 cm³/mol. The van der Waals surface area contributed by atoms with Gasteiger partial charge in [0.05, 0.1) is 0 Å². The van der Waals surface area contributed by atoms with Crippen molar-refractivity contribution in [3.8, 4) is 11.1 Å². The van der Waals surface area contributed by atoms with Crippen LogP contribution in [0.2, 0.25) is 0 Å². The van der Waals surface area contributed by atoms with E-state index < -0.39 is 5.97 Å². The smallest absolute Gasteiger partial charge is 0.325 e. The largest absolute Gasteiger partial charge is 0.454 e. The molecule has 0 radical (unpaired) electrons. The van der Waals surface area contributed by atoms with Gasteiger partial charge in [0.1, 0.15) is 6.54 Å². The molecule has 2 aromatic carbocycles. The molecule has 0 atom stereocenters. The highest BCUT2D eigenvalue weighted by Gasteiger charge is 2.26. The van der Waals surface area contributed by atoms with E-state index in [1.807, 2.05) is 49.4 Å². The minimum atomic E-state index is -0.625. The number of benzene rings is 2. The maximum absolute atomic E-state index is 12.3. The standard InChI is InChI=1S/C24H28N2O4/c1-2-14-26(16-18-8-9-18)22(27)17-30-23(28)15-25-24(29)21-12-10-20(11-13-21)19-6-4-3-5-7-19/h3-7,10-13,18H,2,8-9,14-17H2,1H3,(H,25,29). The average molecular weight is 408 g/mol. The Balaban J connectivity index is 1.42. The second kappa shape index (κ2) is 10.6. The van der Waals surface area contributed by atoms with Gasteiger partial charge in [0.2, 0.25) is 0 Å². The average Bonchev–Trinajstić information content (AvgIpc) is 3.60. The van der Waals surface area contributed by atoms with Gasteiger partial charge in [0.15, 0.2) is 6.61 Å². The Morgan fingerprint density at radius 1 is 1.00 bits per heavy atom. The van der Waals surface area contributed by atoms with Gasteiger partial charge in [-0.15, -0.1) is 0 Å². The highest BCUT2D eigenvalue weighted by Crippen LogP contribution is 2.29. The molecule has 1 saturated carbocycles. The van der Waals surface area contributed by atoms with Crippen LogP contribution >= 0.6 is 0 Å². The van der Waals surface area contributed by atoms with Crippen LogP contribution < -0.4 is 5.32 Å². The van der Waals surface area contributed by atoms with Crippen molar-refractivity contribution in [3.63, 3.8) is 0 Å². The number of carbonyl (C=O) groups is 3. The molecule has 2 aromatic rings. The first kappa shape index (κ1) is 21.6. The summed E-state index contributed by atoms with van der Waals surface area (Å²) in [4.78, 5) is 38.2. The summed E-state index contributed by atoms with van der Waals surface area (Å²) in [5.41, 5.74) is 2.53. The van der Waals surface area contributed by atoms with Crippen molar-refractivity contribution < 1.29 is 19.1 Å². The molecule has 1 fully saturated rings. The number of carbonyl (C=O) groups excluding carboxylic acids is 3. The molecule has 0 heterocycles. The van der Waals surface area contributed by atoms with Crippen LogP contribution in [-0.4, -0.2) is 48.9 Å². The lowest BCUT2D eigenvalue weighted by molar-refractivity contribution is -0.151. The molecule has 0 aliphatic heterocycles. The molecule has 3 rings (SSSR count). The van der Waals surface area contributed by atoms with Crippen molar-refractivity contribution in [1.29, 1.82) is 0 Å².